The minimum absolute atomic E-state index is 0.0403. The molecule has 31 heavy (non-hydrogen) atoms. The third-order valence-corrected chi connectivity index (χ3v) is 4.79. The molecule has 162 valence electrons. The number of hydrogen-bond donors (Lipinski definition) is 2. The summed E-state index contributed by atoms with van der Waals surface area (Å²) in [6.07, 6.45) is -4.15. The molecule has 2 atom stereocenters. The molecule has 7 nitrogen and oxygen atoms in total. The first-order valence-corrected chi connectivity index (χ1v) is 9.00. The van der Waals surface area contributed by atoms with Gasteiger partial charge in [-0.2, -0.15) is 18.4 Å². The molecule has 0 spiro atoms. The molecule has 0 radical (unpaired) electrons. The summed E-state index contributed by atoms with van der Waals surface area (Å²) < 4.78 is 59.5. The van der Waals surface area contributed by atoms with Crippen LogP contribution in [0.4, 0.5) is 23.2 Å². The highest BCUT2D eigenvalue weighted by Crippen LogP contribution is 2.41. The maximum atomic E-state index is 14.6. The van der Waals surface area contributed by atoms with Crippen LogP contribution >= 0.6 is 0 Å². The molecule has 0 saturated carbocycles. The van der Waals surface area contributed by atoms with Crippen LogP contribution in [0.3, 0.4) is 0 Å². The Labute approximate surface area is 174 Å². The van der Waals surface area contributed by atoms with Crippen molar-refractivity contribution in [2.24, 2.45) is 10.7 Å². The average molecular weight is 435 g/mol. The first-order valence-electron chi connectivity index (χ1n) is 9.00. The van der Waals surface area contributed by atoms with Crippen molar-refractivity contribution in [2.45, 2.75) is 38.1 Å². The second-order valence-corrected chi connectivity index (χ2v) is 7.21. The van der Waals surface area contributed by atoms with Gasteiger partial charge < -0.3 is 15.8 Å². The predicted octanol–water partition coefficient (Wildman–Crippen LogP) is 3.53. The van der Waals surface area contributed by atoms with Crippen LogP contribution < -0.4 is 11.1 Å². The zero-order chi connectivity index (χ0) is 23.0. The summed E-state index contributed by atoms with van der Waals surface area (Å²) in [5.74, 6) is -1.47. The predicted molar refractivity (Wildman–Crippen MR) is 103 cm³/mol. The fraction of sp³-hybridized carbons (Fsp3) is 0.300. The van der Waals surface area contributed by atoms with E-state index in [-0.39, 0.29) is 22.5 Å². The Kier molecular flexibility index (Phi) is 5.59. The van der Waals surface area contributed by atoms with E-state index in [1.54, 1.807) is 6.92 Å². The van der Waals surface area contributed by atoms with Gasteiger partial charge in [-0.25, -0.2) is 14.4 Å². The zero-order valence-electron chi connectivity index (χ0n) is 16.4. The van der Waals surface area contributed by atoms with Crippen molar-refractivity contribution >= 4 is 17.6 Å². The normalized spacial score (nSPS) is 20.9. The van der Waals surface area contributed by atoms with E-state index in [9.17, 15) is 22.4 Å². The number of hydrogen-bond acceptors (Lipinski definition) is 6. The number of nitrogens with two attached hydrogens (primary N) is 1. The van der Waals surface area contributed by atoms with Crippen molar-refractivity contribution in [3.05, 3.63) is 58.7 Å². The average Bonchev–Trinajstić information content (AvgIpc) is 2.67. The van der Waals surface area contributed by atoms with Crippen LogP contribution in [0.1, 0.15) is 40.5 Å². The van der Waals surface area contributed by atoms with Gasteiger partial charge in [-0.1, -0.05) is 0 Å². The number of nitriles is 1. The number of alkyl halides is 3. The summed E-state index contributed by atoms with van der Waals surface area (Å²) in [6.45, 7) is 2.86. The summed E-state index contributed by atoms with van der Waals surface area (Å²) in [7, 11) is 0. The first-order chi connectivity index (χ1) is 14.4. The molecule has 11 heteroatoms. The lowest BCUT2D eigenvalue weighted by Crippen LogP contribution is -2.46. The van der Waals surface area contributed by atoms with Gasteiger partial charge >= 0.3 is 6.18 Å². The summed E-state index contributed by atoms with van der Waals surface area (Å²) in [5, 5.41) is 11.4. The molecule has 0 fully saturated rings. The molecule has 2 heterocycles. The third-order valence-electron chi connectivity index (χ3n) is 4.79. The summed E-state index contributed by atoms with van der Waals surface area (Å²) in [6, 6.07) is 3.95. The minimum atomic E-state index is -4.68. The SMILES string of the molecule is Cc1cc(C#N)cnc1C(=O)Nc1ccc(F)c([C@]2(C)C[C@@H](C(F)(F)F)N=C(N)O2)c1. The number of aromatic nitrogens is 1. The Bertz CT molecular complexity index is 1110. The number of benzene rings is 1. The van der Waals surface area contributed by atoms with E-state index in [0.29, 0.717) is 5.56 Å². The summed E-state index contributed by atoms with van der Waals surface area (Å²) >= 11 is 0. The van der Waals surface area contributed by atoms with Crippen LogP contribution in [0, 0.1) is 24.1 Å². The monoisotopic (exact) mass is 435 g/mol. The van der Waals surface area contributed by atoms with Crippen LogP contribution in [0.15, 0.2) is 35.5 Å². The van der Waals surface area contributed by atoms with Crippen molar-refractivity contribution in [1.82, 2.24) is 4.98 Å². The van der Waals surface area contributed by atoms with Gasteiger partial charge in [0.05, 0.1) is 5.56 Å². The Morgan fingerprint density at radius 2 is 2.10 bits per heavy atom. The molecule has 1 aliphatic rings. The molecule has 1 amide bonds. The van der Waals surface area contributed by atoms with E-state index >= 15 is 0 Å². The standard InChI is InChI=1S/C20H17F4N5O2/c1-10-5-11(8-25)9-27-16(10)17(30)28-12-3-4-14(21)13(6-12)19(2)7-15(20(22,23)24)29-18(26)31-19/h3-6,9,15H,7H2,1-2H3,(H2,26,29)(H,28,30)/t15-,19-/m0/s1. The van der Waals surface area contributed by atoms with E-state index in [4.69, 9.17) is 15.7 Å². The van der Waals surface area contributed by atoms with Crippen molar-refractivity contribution in [1.29, 1.82) is 5.26 Å². The number of amidine groups is 1. The van der Waals surface area contributed by atoms with Gasteiger partial charge in [0.2, 0.25) is 0 Å². The van der Waals surface area contributed by atoms with Crippen LogP contribution in [-0.2, 0) is 10.3 Å². The Hall–Kier alpha value is -3.68. The molecular formula is C20H17F4N5O2. The molecule has 0 unspecified atom stereocenters. The summed E-state index contributed by atoms with van der Waals surface area (Å²) in [5.41, 5.74) is 4.31. The number of rotatable bonds is 3. The molecule has 1 aromatic carbocycles. The Balaban J connectivity index is 1.91. The number of aliphatic imine (C=N–C) groups is 1. The topological polar surface area (TPSA) is 113 Å². The Morgan fingerprint density at radius 3 is 2.71 bits per heavy atom. The molecule has 3 N–H and O–H groups in total. The lowest BCUT2D eigenvalue weighted by Gasteiger charge is -2.37. The molecule has 0 bridgehead atoms. The highest BCUT2D eigenvalue weighted by Gasteiger charge is 2.49. The van der Waals surface area contributed by atoms with Gasteiger partial charge in [0.15, 0.2) is 6.04 Å². The molecule has 0 aliphatic carbocycles. The number of aryl methyl sites for hydroxylation is 1. The molecule has 1 aliphatic heterocycles. The second-order valence-electron chi connectivity index (χ2n) is 7.21. The van der Waals surface area contributed by atoms with E-state index < -0.39 is 42.0 Å². The summed E-state index contributed by atoms with van der Waals surface area (Å²) in [4.78, 5) is 19.8. The minimum Gasteiger partial charge on any atom is -0.454 e. The van der Waals surface area contributed by atoms with Crippen molar-refractivity contribution < 1.29 is 27.1 Å². The molecule has 1 aromatic heterocycles. The number of nitrogens with one attached hydrogen (secondary N) is 1. The maximum Gasteiger partial charge on any atom is 0.411 e. The van der Waals surface area contributed by atoms with Crippen LogP contribution in [0.5, 0.6) is 0 Å². The van der Waals surface area contributed by atoms with Crippen LogP contribution in [0.2, 0.25) is 0 Å². The van der Waals surface area contributed by atoms with Crippen molar-refractivity contribution in [3.63, 3.8) is 0 Å². The number of carbonyl (C=O) groups excluding carboxylic acids is 1. The lowest BCUT2D eigenvalue weighted by atomic mass is 9.87. The molecular weight excluding hydrogens is 418 g/mol. The smallest absolute Gasteiger partial charge is 0.411 e. The number of halogens is 4. The van der Waals surface area contributed by atoms with Crippen LogP contribution in [0.25, 0.3) is 0 Å². The quantitative estimate of drug-likeness (QED) is 0.716. The second kappa shape index (κ2) is 7.86. The number of anilines is 1. The van der Waals surface area contributed by atoms with Gasteiger partial charge in [0, 0.05) is 23.9 Å². The van der Waals surface area contributed by atoms with Gasteiger partial charge in [-0.05, 0) is 43.7 Å². The number of ether oxygens (including phenoxy) is 1. The number of amides is 1. The zero-order valence-corrected chi connectivity index (χ0v) is 16.4. The maximum absolute atomic E-state index is 14.6. The van der Waals surface area contributed by atoms with Crippen LogP contribution in [-0.4, -0.2) is 29.1 Å². The fourth-order valence-corrected chi connectivity index (χ4v) is 3.29. The Morgan fingerprint density at radius 1 is 1.39 bits per heavy atom. The number of pyridine rings is 1. The largest absolute Gasteiger partial charge is 0.454 e. The number of nitrogens with zero attached hydrogens (tertiary/aromatic N) is 3. The third kappa shape index (κ3) is 4.58. The van der Waals surface area contributed by atoms with Gasteiger partial charge in [0.1, 0.15) is 23.2 Å². The van der Waals surface area contributed by atoms with E-state index in [0.717, 1.165) is 6.07 Å². The fourth-order valence-electron chi connectivity index (χ4n) is 3.29. The first kappa shape index (κ1) is 22.0. The number of carbonyl (C=O) groups is 1. The lowest BCUT2D eigenvalue weighted by molar-refractivity contribution is -0.164. The molecule has 2 aromatic rings. The highest BCUT2D eigenvalue weighted by atomic mass is 19.4. The van der Waals surface area contributed by atoms with E-state index in [2.05, 4.69) is 15.3 Å². The van der Waals surface area contributed by atoms with Gasteiger partial charge in [-0.15, -0.1) is 0 Å². The molecule has 0 saturated heterocycles. The van der Waals surface area contributed by atoms with E-state index in [1.165, 1.54) is 31.3 Å². The van der Waals surface area contributed by atoms with Crippen molar-refractivity contribution in [2.75, 3.05) is 5.32 Å². The molecule has 3 rings (SSSR count). The van der Waals surface area contributed by atoms with Gasteiger partial charge in [0.25, 0.3) is 11.9 Å². The van der Waals surface area contributed by atoms with Gasteiger partial charge in [-0.3, -0.25) is 4.79 Å². The highest BCUT2D eigenvalue weighted by molar-refractivity contribution is 6.03. The van der Waals surface area contributed by atoms with E-state index in [1.807, 2.05) is 6.07 Å². The van der Waals surface area contributed by atoms with Crippen molar-refractivity contribution in [3.8, 4) is 6.07 Å².